The zero-order chi connectivity index (χ0) is 27.6. The molecule has 0 aromatic heterocycles. The van der Waals surface area contributed by atoms with Crippen molar-refractivity contribution in [3.05, 3.63) is 125 Å². The molecule has 0 bridgehead atoms. The third-order valence-electron chi connectivity index (χ3n) is 6.42. The molecule has 200 valence electrons. The number of nitrogens with zero attached hydrogens (tertiary/aromatic N) is 1. The van der Waals surface area contributed by atoms with Crippen molar-refractivity contribution in [1.82, 2.24) is 4.90 Å². The predicted octanol–water partition coefficient (Wildman–Crippen LogP) is 4.04. The second-order valence-corrected chi connectivity index (χ2v) is 11.8. The van der Waals surface area contributed by atoms with Gasteiger partial charge in [-0.2, -0.15) is 8.42 Å². The number of fused-ring (bicyclic) bond motifs is 1. The van der Waals surface area contributed by atoms with Crippen molar-refractivity contribution < 1.29 is 26.9 Å². The van der Waals surface area contributed by atoms with Gasteiger partial charge in [0.1, 0.15) is 28.3 Å². The van der Waals surface area contributed by atoms with Crippen LogP contribution in [0, 0.1) is 6.92 Å². The Labute approximate surface area is 231 Å². The van der Waals surface area contributed by atoms with Gasteiger partial charge in [0.2, 0.25) is 5.91 Å². The highest BCUT2D eigenvalue weighted by Crippen LogP contribution is 2.41. The number of nitrogens with two attached hydrogens (primary N) is 1. The molecule has 2 N–H and O–H groups in total. The summed E-state index contributed by atoms with van der Waals surface area (Å²) >= 11 is 1.38. The van der Waals surface area contributed by atoms with Crippen molar-refractivity contribution in [2.24, 2.45) is 5.73 Å². The van der Waals surface area contributed by atoms with Crippen molar-refractivity contribution in [3.63, 3.8) is 0 Å². The van der Waals surface area contributed by atoms with Gasteiger partial charge in [-0.25, -0.2) is 4.79 Å². The maximum absolute atomic E-state index is 13.7. The summed E-state index contributed by atoms with van der Waals surface area (Å²) in [5.41, 5.74) is 8.83. The number of amides is 1. The molecule has 2 atom stereocenters. The molecule has 8 nitrogen and oxygen atoms in total. The third-order valence-corrected chi connectivity index (χ3v) is 8.96. The van der Waals surface area contributed by atoms with Crippen LogP contribution >= 0.6 is 11.8 Å². The average Bonchev–Trinajstić information content (AvgIpc) is 2.96. The second kappa shape index (κ2) is 11.1. The molecule has 0 aliphatic carbocycles. The summed E-state index contributed by atoms with van der Waals surface area (Å²) in [7, 11) is -4.07. The van der Waals surface area contributed by atoms with E-state index in [-0.39, 0.29) is 10.6 Å². The van der Waals surface area contributed by atoms with Crippen LogP contribution in [0.3, 0.4) is 0 Å². The zero-order valence-corrected chi connectivity index (χ0v) is 22.6. The Morgan fingerprint density at radius 2 is 1.59 bits per heavy atom. The number of allylic oxidation sites excluding steroid dienone is 1. The van der Waals surface area contributed by atoms with Crippen LogP contribution in [0.2, 0.25) is 0 Å². The molecule has 1 fully saturated rings. The number of rotatable bonds is 8. The highest BCUT2D eigenvalue weighted by Gasteiger charge is 2.52. The molecule has 10 heteroatoms. The molecule has 1 amide bonds. The van der Waals surface area contributed by atoms with Crippen LogP contribution < -0.4 is 5.73 Å². The maximum Gasteiger partial charge on any atom is 0.356 e. The summed E-state index contributed by atoms with van der Waals surface area (Å²) in [5.74, 6) is -0.827. The van der Waals surface area contributed by atoms with E-state index in [0.29, 0.717) is 11.3 Å². The Kier molecular flexibility index (Phi) is 7.60. The Morgan fingerprint density at radius 3 is 2.18 bits per heavy atom. The smallest absolute Gasteiger partial charge is 0.356 e. The van der Waals surface area contributed by atoms with Crippen LogP contribution in [0.15, 0.2) is 113 Å². The van der Waals surface area contributed by atoms with Crippen molar-refractivity contribution in [3.8, 4) is 0 Å². The Balaban J connectivity index is 1.46. The molecule has 3 aromatic carbocycles. The van der Waals surface area contributed by atoms with E-state index in [1.807, 2.05) is 67.6 Å². The van der Waals surface area contributed by atoms with Crippen LogP contribution in [-0.4, -0.2) is 42.4 Å². The minimum atomic E-state index is -4.07. The van der Waals surface area contributed by atoms with Gasteiger partial charge < -0.3 is 14.7 Å². The molecule has 39 heavy (non-hydrogen) atoms. The van der Waals surface area contributed by atoms with Gasteiger partial charge in [0.15, 0.2) is 6.10 Å². The first kappa shape index (κ1) is 26.7. The summed E-state index contributed by atoms with van der Waals surface area (Å²) in [5, 5.41) is -0.415. The summed E-state index contributed by atoms with van der Waals surface area (Å²) in [4.78, 5) is 27.7. The molecular formula is C29H26N2O6S2. The summed E-state index contributed by atoms with van der Waals surface area (Å²) in [6, 6.07) is 24.1. The highest BCUT2D eigenvalue weighted by atomic mass is 32.2. The summed E-state index contributed by atoms with van der Waals surface area (Å²) in [6.45, 7) is 1.85. The number of carbonyl (C=O) groups excluding carboxylic acids is 2. The normalized spacial score (nSPS) is 19.2. The molecule has 0 spiro atoms. The second-order valence-electron chi connectivity index (χ2n) is 9.08. The Hall–Kier alpha value is -3.86. The topological polar surface area (TPSA) is 116 Å². The lowest BCUT2D eigenvalue weighted by molar-refractivity contribution is -0.153. The minimum absolute atomic E-state index is 0.00176. The number of esters is 1. The number of ether oxygens (including phenoxy) is 1. The number of thioether (sulfide) groups is 1. The lowest BCUT2D eigenvalue weighted by Gasteiger charge is -2.48. The van der Waals surface area contributed by atoms with Gasteiger partial charge in [0, 0.05) is 5.75 Å². The summed E-state index contributed by atoms with van der Waals surface area (Å²) in [6.07, 6.45) is 1.66. The van der Waals surface area contributed by atoms with E-state index in [0.717, 1.165) is 23.0 Å². The number of β-lactam (4-membered cyclic amide) rings is 1. The number of aryl methyl sites for hydroxylation is 1. The number of carbonyl (C=O) groups is 2. The molecule has 1 saturated heterocycles. The van der Waals surface area contributed by atoms with E-state index in [2.05, 4.69) is 0 Å². The van der Waals surface area contributed by atoms with Crippen LogP contribution in [0.1, 0.15) is 22.8 Å². The van der Waals surface area contributed by atoms with Crippen LogP contribution in [0.5, 0.6) is 0 Å². The zero-order valence-electron chi connectivity index (χ0n) is 21.0. The predicted molar refractivity (Wildman–Crippen MR) is 148 cm³/mol. The molecule has 0 radical (unpaired) electrons. The number of benzene rings is 3. The first-order chi connectivity index (χ1) is 18.8. The van der Waals surface area contributed by atoms with Gasteiger partial charge in [0.25, 0.3) is 0 Å². The van der Waals surface area contributed by atoms with Crippen molar-refractivity contribution in [2.75, 3.05) is 5.75 Å². The average molecular weight is 563 g/mol. The molecule has 2 heterocycles. The molecule has 5 rings (SSSR count). The first-order valence-electron chi connectivity index (χ1n) is 12.2. The van der Waals surface area contributed by atoms with E-state index in [1.165, 1.54) is 34.9 Å². The third kappa shape index (κ3) is 5.49. The SMILES string of the molecule is Cc1ccc(S(=O)(=O)OC=CC2=C(C(=O)OC(c3ccccc3)c3ccccc3)N3C(=O)C(N)[C@H]3SC2)cc1. The molecule has 2 aliphatic rings. The molecule has 3 aromatic rings. The van der Waals surface area contributed by atoms with Crippen LogP contribution in [0.4, 0.5) is 0 Å². The van der Waals surface area contributed by atoms with Crippen LogP contribution in [0.25, 0.3) is 0 Å². The number of hydrogen-bond donors (Lipinski definition) is 1. The Bertz CT molecular complexity index is 1500. The lowest BCUT2D eigenvalue weighted by atomic mass is 10.0. The maximum atomic E-state index is 13.7. The first-order valence-corrected chi connectivity index (χ1v) is 14.6. The van der Waals surface area contributed by atoms with E-state index in [1.54, 1.807) is 12.1 Å². The monoisotopic (exact) mass is 562 g/mol. The van der Waals surface area contributed by atoms with Gasteiger partial charge in [-0.3, -0.25) is 9.69 Å². The molecule has 1 unspecified atom stereocenters. The van der Waals surface area contributed by atoms with Gasteiger partial charge in [0.05, 0.1) is 0 Å². The molecular weight excluding hydrogens is 536 g/mol. The van der Waals surface area contributed by atoms with Gasteiger partial charge in [-0.15, -0.1) is 11.8 Å². The van der Waals surface area contributed by atoms with E-state index >= 15 is 0 Å². The summed E-state index contributed by atoms with van der Waals surface area (Å²) < 4.78 is 36.4. The fourth-order valence-electron chi connectivity index (χ4n) is 4.35. The fourth-order valence-corrected chi connectivity index (χ4v) is 6.40. The van der Waals surface area contributed by atoms with E-state index in [9.17, 15) is 18.0 Å². The standard InChI is InChI=1S/C29H26N2O6S2/c1-19-12-14-23(15-13-19)39(34,35)36-17-16-22-18-38-28-24(30)27(32)31(28)25(22)29(33)37-26(20-8-4-2-5-9-20)21-10-6-3-7-11-21/h2-17,24,26,28H,18,30H2,1H3/t24?,28-/m1/s1. The van der Waals surface area contributed by atoms with Crippen LogP contribution in [-0.2, 0) is 28.6 Å². The Morgan fingerprint density at radius 1 is 1.00 bits per heavy atom. The largest absolute Gasteiger partial charge is 0.448 e. The van der Waals surface area contributed by atoms with Gasteiger partial charge in [-0.05, 0) is 41.8 Å². The van der Waals surface area contributed by atoms with E-state index in [4.69, 9.17) is 14.7 Å². The van der Waals surface area contributed by atoms with Gasteiger partial charge >= 0.3 is 16.1 Å². The molecule has 2 aliphatic heterocycles. The number of hydrogen-bond acceptors (Lipinski definition) is 8. The van der Waals surface area contributed by atoms with Crippen molar-refractivity contribution in [2.45, 2.75) is 29.3 Å². The fraction of sp³-hybridized carbons (Fsp3) is 0.172. The lowest BCUT2D eigenvalue weighted by Crippen LogP contribution is -2.68. The van der Waals surface area contributed by atoms with Gasteiger partial charge in [-0.1, -0.05) is 78.4 Å². The van der Waals surface area contributed by atoms with E-state index < -0.39 is 39.5 Å². The highest BCUT2D eigenvalue weighted by molar-refractivity contribution is 8.00. The van der Waals surface area contributed by atoms with Crippen molar-refractivity contribution >= 4 is 33.8 Å². The van der Waals surface area contributed by atoms with Crippen molar-refractivity contribution in [1.29, 1.82) is 0 Å². The minimum Gasteiger partial charge on any atom is -0.448 e. The molecule has 0 saturated carbocycles. The quantitative estimate of drug-likeness (QED) is 0.189.